The molecule has 0 N–H and O–H groups in total. The highest BCUT2D eigenvalue weighted by Crippen LogP contribution is 2.61. The van der Waals surface area contributed by atoms with E-state index in [0.717, 1.165) is 36.9 Å². The fraction of sp³-hybridized carbons (Fsp3) is 0.618. The maximum Gasteiger partial charge on any atom is 0.410 e. The zero-order valence-electron chi connectivity index (χ0n) is 24.1. The number of carbonyl (C=O) groups is 1. The minimum absolute atomic E-state index is 0.0470. The molecule has 2 aromatic rings. The molecule has 5 heteroatoms. The molecule has 3 aliphatic rings. The summed E-state index contributed by atoms with van der Waals surface area (Å²) in [5.74, 6) is 0. The lowest BCUT2D eigenvalue weighted by Gasteiger charge is -2.42. The molecule has 0 aromatic heterocycles. The molecule has 5 rings (SSSR count). The average molecular weight is 566 g/mol. The second-order valence-corrected chi connectivity index (χ2v) is 17.3. The number of ether oxygens (including phenoxy) is 1. The van der Waals surface area contributed by atoms with E-state index in [9.17, 15) is 4.79 Å². The zero-order chi connectivity index (χ0) is 26.9. The first-order valence-corrected chi connectivity index (χ1v) is 18.9. The van der Waals surface area contributed by atoms with Crippen molar-refractivity contribution in [3.63, 3.8) is 0 Å². The quantitative estimate of drug-likeness (QED) is 0.213. The lowest BCUT2D eigenvalue weighted by atomic mass is 9.99. The summed E-state index contributed by atoms with van der Waals surface area (Å²) in [4.78, 5) is 15.8. The van der Waals surface area contributed by atoms with Gasteiger partial charge in [-0.15, -0.1) is 0 Å². The average Bonchev–Trinajstić information content (AvgIpc) is 3.41. The maximum atomic E-state index is 13.6. The van der Waals surface area contributed by atoms with Gasteiger partial charge in [-0.25, -0.2) is 4.79 Å². The van der Waals surface area contributed by atoms with Gasteiger partial charge in [0.2, 0.25) is 0 Å². The summed E-state index contributed by atoms with van der Waals surface area (Å²) in [5.41, 5.74) is 2.52. The Morgan fingerprint density at radius 2 is 1.33 bits per heavy atom. The Hall–Kier alpha value is -1.43. The highest BCUT2D eigenvalue weighted by atomic mass is 31.1. The van der Waals surface area contributed by atoms with Gasteiger partial charge in [-0.3, -0.25) is 0 Å². The van der Waals surface area contributed by atoms with E-state index in [0.29, 0.717) is 12.3 Å². The summed E-state index contributed by atoms with van der Waals surface area (Å²) >= 11 is 0. The fourth-order valence-electron chi connectivity index (χ4n) is 7.33. The van der Waals surface area contributed by atoms with Crippen molar-refractivity contribution in [2.75, 3.05) is 19.3 Å². The van der Waals surface area contributed by atoms with Crippen molar-refractivity contribution in [3.05, 3.63) is 60.7 Å². The van der Waals surface area contributed by atoms with Crippen molar-refractivity contribution in [2.24, 2.45) is 0 Å². The molecular formula is C34H49NO2P2. The van der Waals surface area contributed by atoms with Crippen LogP contribution in [0, 0.1) is 0 Å². The molecule has 212 valence electrons. The van der Waals surface area contributed by atoms with Gasteiger partial charge in [0, 0.05) is 12.6 Å². The third kappa shape index (κ3) is 7.65. The molecule has 1 saturated heterocycles. The highest BCUT2D eigenvalue weighted by molar-refractivity contribution is 7.73. The fourth-order valence-corrected chi connectivity index (χ4v) is 14.4. The van der Waals surface area contributed by atoms with E-state index in [2.05, 4.69) is 72.5 Å². The van der Waals surface area contributed by atoms with Crippen LogP contribution >= 0.6 is 15.8 Å². The van der Waals surface area contributed by atoms with Gasteiger partial charge >= 0.3 is 6.09 Å². The van der Waals surface area contributed by atoms with Gasteiger partial charge in [0.1, 0.15) is 0 Å². The van der Waals surface area contributed by atoms with E-state index in [-0.39, 0.29) is 20.1 Å². The molecule has 2 aromatic carbocycles. The normalized spacial score (nSPS) is 23.0. The van der Waals surface area contributed by atoms with Crippen molar-refractivity contribution < 1.29 is 9.53 Å². The zero-order valence-corrected chi connectivity index (χ0v) is 25.8. The SMILES string of the molecule is CCCCOC(=O)N1CC(P(C2CCCCC2)C2CCCCC2)CC1CP(c1ccccc1)c1ccccc1. The van der Waals surface area contributed by atoms with Gasteiger partial charge in [-0.2, -0.15) is 0 Å². The van der Waals surface area contributed by atoms with Crippen molar-refractivity contribution in [1.82, 2.24) is 4.90 Å². The van der Waals surface area contributed by atoms with Gasteiger partial charge in [-0.05, 0) is 80.2 Å². The Bertz CT molecular complexity index is 933. The van der Waals surface area contributed by atoms with Crippen LogP contribution in [0.2, 0.25) is 0 Å². The van der Waals surface area contributed by atoms with Crippen LogP contribution in [0.25, 0.3) is 0 Å². The molecule has 2 unspecified atom stereocenters. The Morgan fingerprint density at radius 3 is 1.85 bits per heavy atom. The summed E-state index contributed by atoms with van der Waals surface area (Å²) in [5, 5.41) is 2.84. The molecule has 1 heterocycles. The van der Waals surface area contributed by atoms with Crippen LogP contribution in [0.4, 0.5) is 4.79 Å². The molecule has 0 bridgehead atoms. The molecule has 3 fully saturated rings. The number of hydrogen-bond acceptors (Lipinski definition) is 2. The number of rotatable bonds is 10. The van der Waals surface area contributed by atoms with E-state index >= 15 is 0 Å². The minimum atomic E-state index is -0.539. The van der Waals surface area contributed by atoms with Crippen LogP contribution in [-0.2, 0) is 4.74 Å². The number of nitrogens with zero attached hydrogens (tertiary/aromatic N) is 1. The molecule has 39 heavy (non-hydrogen) atoms. The van der Waals surface area contributed by atoms with Crippen molar-refractivity contribution in [1.29, 1.82) is 0 Å². The van der Waals surface area contributed by atoms with E-state index in [1.807, 2.05) is 0 Å². The van der Waals surface area contributed by atoms with Gasteiger partial charge < -0.3 is 9.64 Å². The Morgan fingerprint density at radius 1 is 0.795 bits per heavy atom. The molecular weight excluding hydrogens is 516 g/mol. The molecule has 0 radical (unpaired) electrons. The Labute approximate surface area is 240 Å². The van der Waals surface area contributed by atoms with Gasteiger partial charge in [-0.1, -0.05) is 120 Å². The lowest BCUT2D eigenvalue weighted by Crippen LogP contribution is -2.39. The summed E-state index contributed by atoms with van der Waals surface area (Å²) in [6.45, 7) is 3.65. The molecule has 1 amide bonds. The Balaban J connectivity index is 1.42. The second kappa shape index (κ2) is 15.0. The molecule has 0 spiro atoms. The second-order valence-electron chi connectivity index (χ2n) is 12.0. The van der Waals surface area contributed by atoms with E-state index in [4.69, 9.17) is 4.74 Å². The smallest absolute Gasteiger partial charge is 0.410 e. The maximum absolute atomic E-state index is 13.6. The highest BCUT2D eigenvalue weighted by Gasteiger charge is 2.45. The van der Waals surface area contributed by atoms with Gasteiger partial charge in [0.05, 0.1) is 6.61 Å². The molecule has 1 aliphatic heterocycles. The number of unbranched alkanes of at least 4 members (excludes halogenated alkanes) is 1. The van der Waals surface area contributed by atoms with Crippen LogP contribution in [-0.4, -0.2) is 53.3 Å². The summed E-state index contributed by atoms with van der Waals surface area (Å²) in [7, 11) is -0.607. The minimum Gasteiger partial charge on any atom is -0.449 e. The monoisotopic (exact) mass is 565 g/mol. The number of likely N-dealkylation sites (tertiary alicyclic amines) is 1. The number of carbonyl (C=O) groups excluding carboxylic acids is 1. The van der Waals surface area contributed by atoms with Crippen LogP contribution in [0.5, 0.6) is 0 Å². The number of hydrogen-bond donors (Lipinski definition) is 0. The summed E-state index contributed by atoms with van der Waals surface area (Å²) in [6, 6.07) is 22.4. The first-order valence-electron chi connectivity index (χ1n) is 15.8. The van der Waals surface area contributed by atoms with E-state index in [1.54, 1.807) is 0 Å². The standard InChI is InChI=1S/C34H49NO2P2/c1-2-3-24-37-34(36)35-26-33(39(31-20-12-6-13-21-31)32-22-14-7-15-23-32)25-28(35)27-38(29-16-8-4-9-17-29)30-18-10-5-11-19-30/h4-5,8-11,16-19,28,31-33H,2-3,6-7,12-15,20-27H2,1H3. The summed E-state index contributed by atoms with van der Waals surface area (Å²) < 4.78 is 5.91. The molecule has 2 aliphatic carbocycles. The van der Waals surface area contributed by atoms with Gasteiger partial charge in [0.25, 0.3) is 0 Å². The van der Waals surface area contributed by atoms with E-state index < -0.39 is 7.92 Å². The van der Waals surface area contributed by atoms with Crippen LogP contribution in [0.15, 0.2) is 60.7 Å². The lowest BCUT2D eigenvalue weighted by molar-refractivity contribution is 0.0997. The van der Waals surface area contributed by atoms with Crippen LogP contribution in [0.1, 0.15) is 90.4 Å². The van der Waals surface area contributed by atoms with E-state index in [1.165, 1.54) is 81.2 Å². The number of benzene rings is 2. The topological polar surface area (TPSA) is 29.5 Å². The predicted molar refractivity (Wildman–Crippen MR) is 170 cm³/mol. The molecule has 2 saturated carbocycles. The summed E-state index contributed by atoms with van der Waals surface area (Å²) in [6.07, 6.45) is 18.4. The van der Waals surface area contributed by atoms with Crippen LogP contribution < -0.4 is 10.6 Å². The Kier molecular flexibility index (Phi) is 11.2. The number of amides is 1. The molecule has 3 nitrogen and oxygen atoms in total. The van der Waals surface area contributed by atoms with Crippen LogP contribution in [0.3, 0.4) is 0 Å². The first kappa shape index (κ1) is 29.1. The predicted octanol–water partition coefficient (Wildman–Crippen LogP) is 8.65. The first-order chi connectivity index (χ1) is 19.2. The third-order valence-electron chi connectivity index (χ3n) is 9.29. The largest absolute Gasteiger partial charge is 0.449 e. The van der Waals surface area contributed by atoms with Gasteiger partial charge in [0.15, 0.2) is 0 Å². The van der Waals surface area contributed by atoms with Crippen molar-refractivity contribution in [2.45, 2.75) is 113 Å². The van der Waals surface area contributed by atoms with Crippen molar-refractivity contribution in [3.8, 4) is 0 Å². The van der Waals surface area contributed by atoms with Crippen molar-refractivity contribution >= 4 is 32.5 Å². The molecule has 2 atom stereocenters. The third-order valence-corrected chi connectivity index (χ3v) is 15.9.